The van der Waals surface area contributed by atoms with Gasteiger partial charge in [0.15, 0.2) is 5.69 Å². The Kier molecular flexibility index (Phi) is 3.31. The maximum atomic E-state index is 11.7. The molecule has 17 heavy (non-hydrogen) atoms. The lowest BCUT2D eigenvalue weighted by Gasteiger charge is -2.04. The van der Waals surface area contributed by atoms with Crippen LogP contribution in [0, 0.1) is 0 Å². The molecule has 1 aromatic carbocycles. The number of aromatic nitrogens is 3. The quantitative estimate of drug-likeness (QED) is 0.912. The zero-order valence-corrected chi connectivity index (χ0v) is 10.3. The first-order valence-corrected chi connectivity index (χ1v) is 5.44. The summed E-state index contributed by atoms with van der Waals surface area (Å²) in [6, 6.07) is 4.78. The van der Waals surface area contributed by atoms with Crippen LogP contribution >= 0.6 is 23.2 Å². The minimum Gasteiger partial charge on any atom is -0.320 e. The van der Waals surface area contributed by atoms with Crippen LogP contribution in [0.5, 0.6) is 0 Å². The molecule has 2 aromatic rings. The maximum absolute atomic E-state index is 11.7. The Hall–Kier alpha value is -1.59. The SMILES string of the molecule is Cn1ncc(C(=O)Nc2cc(Cl)cc(Cl)c2)n1. The summed E-state index contributed by atoms with van der Waals surface area (Å²) in [5.41, 5.74) is 0.738. The van der Waals surface area contributed by atoms with Crippen molar-refractivity contribution in [1.82, 2.24) is 15.0 Å². The molecule has 0 saturated heterocycles. The molecular formula is C10H8Cl2N4O. The summed E-state index contributed by atoms with van der Waals surface area (Å²) in [4.78, 5) is 13.0. The van der Waals surface area contributed by atoms with E-state index in [1.165, 1.54) is 11.0 Å². The van der Waals surface area contributed by atoms with Crippen molar-refractivity contribution < 1.29 is 4.79 Å². The normalized spacial score (nSPS) is 10.3. The van der Waals surface area contributed by atoms with Gasteiger partial charge in [-0.25, -0.2) is 0 Å². The Morgan fingerprint density at radius 3 is 2.47 bits per heavy atom. The van der Waals surface area contributed by atoms with Crippen LogP contribution in [0.15, 0.2) is 24.4 Å². The summed E-state index contributed by atoms with van der Waals surface area (Å²) in [5, 5.41) is 11.2. The van der Waals surface area contributed by atoms with Gasteiger partial charge in [-0.3, -0.25) is 4.79 Å². The zero-order valence-electron chi connectivity index (χ0n) is 8.82. The molecule has 1 aromatic heterocycles. The number of carbonyl (C=O) groups excluding carboxylic acids is 1. The van der Waals surface area contributed by atoms with Crippen molar-refractivity contribution in [2.24, 2.45) is 7.05 Å². The smallest absolute Gasteiger partial charge is 0.277 e. The second-order valence-electron chi connectivity index (χ2n) is 3.33. The average Bonchev–Trinajstić information content (AvgIpc) is 2.63. The van der Waals surface area contributed by atoms with Crippen LogP contribution in [-0.4, -0.2) is 20.9 Å². The number of rotatable bonds is 2. The highest BCUT2D eigenvalue weighted by molar-refractivity contribution is 6.35. The van der Waals surface area contributed by atoms with E-state index in [1.54, 1.807) is 25.2 Å². The van der Waals surface area contributed by atoms with E-state index in [0.29, 0.717) is 15.7 Å². The van der Waals surface area contributed by atoms with Crippen LogP contribution in [0.3, 0.4) is 0 Å². The highest BCUT2D eigenvalue weighted by atomic mass is 35.5. The first-order valence-electron chi connectivity index (χ1n) is 4.68. The molecule has 7 heteroatoms. The van der Waals surface area contributed by atoms with Gasteiger partial charge in [0.2, 0.25) is 0 Å². The highest BCUT2D eigenvalue weighted by Gasteiger charge is 2.10. The van der Waals surface area contributed by atoms with E-state index < -0.39 is 0 Å². The van der Waals surface area contributed by atoms with Crippen molar-refractivity contribution in [3.05, 3.63) is 40.1 Å². The van der Waals surface area contributed by atoms with Gasteiger partial charge >= 0.3 is 0 Å². The van der Waals surface area contributed by atoms with Gasteiger partial charge in [-0.1, -0.05) is 23.2 Å². The monoisotopic (exact) mass is 270 g/mol. The lowest BCUT2D eigenvalue weighted by Crippen LogP contribution is -2.13. The Morgan fingerprint density at radius 2 is 1.94 bits per heavy atom. The molecule has 88 valence electrons. The first-order chi connectivity index (χ1) is 8.04. The molecule has 0 aliphatic heterocycles. The van der Waals surface area contributed by atoms with Gasteiger partial charge in [0, 0.05) is 22.8 Å². The highest BCUT2D eigenvalue weighted by Crippen LogP contribution is 2.22. The van der Waals surface area contributed by atoms with Crippen molar-refractivity contribution in [3.63, 3.8) is 0 Å². The van der Waals surface area contributed by atoms with Crippen LogP contribution in [0.4, 0.5) is 5.69 Å². The molecule has 0 spiro atoms. The molecule has 1 heterocycles. The predicted molar refractivity (Wildman–Crippen MR) is 65.4 cm³/mol. The van der Waals surface area contributed by atoms with Crippen LogP contribution in [-0.2, 0) is 7.05 Å². The third kappa shape index (κ3) is 2.95. The van der Waals surface area contributed by atoms with E-state index in [0.717, 1.165) is 0 Å². The second-order valence-corrected chi connectivity index (χ2v) is 4.20. The summed E-state index contributed by atoms with van der Waals surface area (Å²) in [7, 11) is 1.63. The first kappa shape index (κ1) is 11.9. The van der Waals surface area contributed by atoms with Gasteiger partial charge in [0.05, 0.1) is 6.20 Å². The van der Waals surface area contributed by atoms with Gasteiger partial charge in [0.1, 0.15) is 0 Å². The number of anilines is 1. The molecule has 0 bridgehead atoms. The van der Waals surface area contributed by atoms with E-state index in [2.05, 4.69) is 15.5 Å². The van der Waals surface area contributed by atoms with Crippen LogP contribution in [0.25, 0.3) is 0 Å². The zero-order chi connectivity index (χ0) is 12.4. The number of carbonyl (C=O) groups is 1. The largest absolute Gasteiger partial charge is 0.320 e. The number of nitrogens with zero attached hydrogens (tertiary/aromatic N) is 3. The fraction of sp³-hybridized carbons (Fsp3) is 0.100. The average molecular weight is 271 g/mol. The minimum atomic E-state index is -0.364. The van der Waals surface area contributed by atoms with Crippen molar-refractivity contribution >= 4 is 34.8 Å². The lowest BCUT2D eigenvalue weighted by molar-refractivity contribution is 0.102. The fourth-order valence-corrected chi connectivity index (χ4v) is 1.80. The molecule has 0 aliphatic carbocycles. The number of amides is 1. The number of aryl methyl sites for hydroxylation is 1. The summed E-state index contributed by atoms with van der Waals surface area (Å²) in [6.45, 7) is 0. The fourth-order valence-electron chi connectivity index (χ4n) is 1.27. The van der Waals surface area contributed by atoms with Gasteiger partial charge in [-0.15, -0.1) is 5.10 Å². The Balaban J connectivity index is 2.18. The van der Waals surface area contributed by atoms with E-state index in [4.69, 9.17) is 23.2 Å². The molecule has 0 atom stereocenters. The number of benzene rings is 1. The minimum absolute atomic E-state index is 0.226. The summed E-state index contributed by atoms with van der Waals surface area (Å²) in [5.74, 6) is -0.364. The predicted octanol–water partition coefficient (Wildman–Crippen LogP) is 2.37. The third-order valence-corrected chi connectivity index (χ3v) is 2.39. The van der Waals surface area contributed by atoms with Crippen molar-refractivity contribution in [3.8, 4) is 0 Å². The molecule has 0 fully saturated rings. The van der Waals surface area contributed by atoms with Crippen molar-refractivity contribution in [1.29, 1.82) is 0 Å². The Bertz CT molecular complexity index is 547. The van der Waals surface area contributed by atoms with Gasteiger partial charge in [-0.05, 0) is 18.2 Å². The topological polar surface area (TPSA) is 59.8 Å². The molecule has 0 radical (unpaired) electrons. The van der Waals surface area contributed by atoms with Crippen molar-refractivity contribution in [2.45, 2.75) is 0 Å². The van der Waals surface area contributed by atoms with Gasteiger partial charge in [-0.2, -0.15) is 9.90 Å². The number of halogens is 2. The molecule has 2 rings (SSSR count). The van der Waals surface area contributed by atoms with Crippen LogP contribution in [0.1, 0.15) is 10.5 Å². The number of nitrogens with one attached hydrogen (secondary N) is 1. The van der Waals surface area contributed by atoms with E-state index in [1.807, 2.05) is 0 Å². The van der Waals surface area contributed by atoms with Crippen LogP contribution in [0.2, 0.25) is 10.0 Å². The third-order valence-electron chi connectivity index (χ3n) is 1.95. The summed E-state index contributed by atoms with van der Waals surface area (Å²) < 4.78 is 0. The Labute approximate surface area is 107 Å². The summed E-state index contributed by atoms with van der Waals surface area (Å²) >= 11 is 11.6. The molecule has 5 nitrogen and oxygen atoms in total. The molecule has 0 saturated carbocycles. The van der Waals surface area contributed by atoms with Gasteiger partial charge < -0.3 is 5.32 Å². The molecule has 0 aliphatic rings. The van der Waals surface area contributed by atoms with Crippen molar-refractivity contribution in [2.75, 3.05) is 5.32 Å². The van der Waals surface area contributed by atoms with Crippen LogP contribution < -0.4 is 5.32 Å². The maximum Gasteiger partial charge on any atom is 0.277 e. The molecule has 1 amide bonds. The van der Waals surface area contributed by atoms with E-state index in [-0.39, 0.29) is 11.6 Å². The lowest BCUT2D eigenvalue weighted by atomic mass is 10.3. The second kappa shape index (κ2) is 4.73. The van der Waals surface area contributed by atoms with Gasteiger partial charge in [0.25, 0.3) is 5.91 Å². The Morgan fingerprint density at radius 1 is 1.29 bits per heavy atom. The number of hydrogen-bond acceptors (Lipinski definition) is 3. The van der Waals surface area contributed by atoms with E-state index in [9.17, 15) is 4.79 Å². The summed E-state index contributed by atoms with van der Waals surface area (Å²) in [6.07, 6.45) is 1.38. The molecular weight excluding hydrogens is 263 g/mol. The standard InChI is InChI=1S/C10H8Cl2N4O/c1-16-13-5-9(15-16)10(17)14-8-3-6(11)2-7(12)4-8/h2-5H,1H3,(H,14,17). The van der Waals surface area contributed by atoms with E-state index >= 15 is 0 Å². The molecule has 1 N–H and O–H groups in total. The molecule has 0 unspecified atom stereocenters. The number of hydrogen-bond donors (Lipinski definition) is 1.